The number of nitrogens with one attached hydrogen (secondary N) is 1. The fourth-order valence-electron chi connectivity index (χ4n) is 0.182. The molecule has 6 heavy (non-hydrogen) atoms. The second kappa shape index (κ2) is 1.30. The molecule has 0 spiro atoms. The molecule has 0 aliphatic carbocycles. The molecule has 0 saturated heterocycles. The van der Waals surface area contributed by atoms with Crippen molar-refractivity contribution in [2.45, 2.75) is 0 Å². The maximum atomic E-state index is 5.25. The predicted octanol–water partition coefficient (Wildman–Crippen LogP) is 0.663. The van der Waals surface area contributed by atoms with Crippen LogP contribution in [0.15, 0.2) is 0 Å². The van der Waals surface area contributed by atoms with Gasteiger partial charge in [0.2, 0.25) is 0 Å². The number of rotatable bonds is 0. The van der Waals surface area contributed by atoms with Crippen molar-refractivity contribution in [2.24, 2.45) is 0 Å². The Balaban J connectivity index is 3.05. The molecule has 1 rings (SSSR count). The summed E-state index contributed by atoms with van der Waals surface area (Å²) in [5, 5.41) is 0.398. The number of aromatic amines is 1. The molecule has 1 heterocycles. The second-order valence-electron chi connectivity index (χ2n) is 0.774. The minimum absolute atomic E-state index is 0.398. The monoisotopic (exact) mass is 100.0 g/mol. The second-order valence-corrected chi connectivity index (χ2v) is 1.15. The smallest absolute Gasteiger partial charge is 0.175 e. The van der Waals surface area contributed by atoms with Crippen molar-refractivity contribution >= 4 is 11.6 Å². The van der Waals surface area contributed by atoms with Crippen molar-refractivity contribution in [2.75, 3.05) is 0 Å². The first-order valence-corrected chi connectivity index (χ1v) is 1.76. The Morgan fingerprint density at radius 3 is 2.83 bits per heavy atom. The Kier molecular flexibility index (Phi) is 0.801. The maximum absolute atomic E-state index is 5.25. The molecule has 30 valence electrons. The molecule has 1 aromatic heterocycles. The number of nitrogens with zero attached hydrogens (tertiary/aromatic N) is 1. The average Bonchev–Trinajstić information content (AvgIpc) is 1.86. The zero-order chi connectivity index (χ0) is 4.41. The summed E-state index contributed by atoms with van der Waals surface area (Å²) < 4.78 is 0. The molecule has 0 aliphatic heterocycles. The van der Waals surface area contributed by atoms with E-state index in [0.29, 0.717) is 5.15 Å². The fraction of sp³-hybridized carbons (Fsp3) is 0. The molecule has 2 radical (unpaired) electrons. The number of imidazole rings is 1. The summed E-state index contributed by atoms with van der Waals surface area (Å²) in [6.45, 7) is 0. The van der Waals surface area contributed by atoms with Crippen LogP contribution < -0.4 is 0 Å². The van der Waals surface area contributed by atoms with Gasteiger partial charge in [-0.3, -0.25) is 0 Å². The lowest BCUT2D eigenvalue weighted by Gasteiger charge is -1.62. The van der Waals surface area contributed by atoms with E-state index in [2.05, 4.69) is 22.5 Å². The van der Waals surface area contributed by atoms with Gasteiger partial charge in [-0.15, -0.1) is 0 Å². The van der Waals surface area contributed by atoms with Crippen LogP contribution in [-0.4, -0.2) is 9.97 Å². The van der Waals surface area contributed by atoms with Crippen LogP contribution in [0.2, 0.25) is 5.15 Å². The summed E-state index contributed by atoms with van der Waals surface area (Å²) in [5.74, 6) is 0. The molecule has 0 unspecified atom stereocenters. The molecule has 0 saturated carbocycles. The van der Waals surface area contributed by atoms with Crippen LogP contribution in [0.1, 0.15) is 0 Å². The van der Waals surface area contributed by atoms with Crippen LogP contribution in [-0.2, 0) is 0 Å². The average molecular weight is 101 g/mol. The van der Waals surface area contributed by atoms with E-state index >= 15 is 0 Å². The summed E-state index contributed by atoms with van der Waals surface area (Å²) in [6.07, 6.45) is 4.77. The van der Waals surface area contributed by atoms with Gasteiger partial charge in [0.15, 0.2) is 6.33 Å². The number of H-pyrrole nitrogens is 1. The SMILES string of the molecule is Clc1[c]n[c][nH]1. The molecular formula is C3HClN2. The summed E-state index contributed by atoms with van der Waals surface area (Å²) in [5.41, 5.74) is 0. The first kappa shape index (κ1) is 3.68. The van der Waals surface area contributed by atoms with E-state index in [9.17, 15) is 0 Å². The quantitative estimate of drug-likeness (QED) is 0.510. The lowest BCUT2D eigenvalue weighted by atomic mass is 11.0. The van der Waals surface area contributed by atoms with E-state index in [4.69, 9.17) is 11.6 Å². The van der Waals surface area contributed by atoms with Gasteiger partial charge in [0.1, 0.15) is 11.3 Å². The molecule has 0 aromatic carbocycles. The third kappa shape index (κ3) is 0.518. The summed E-state index contributed by atoms with van der Waals surface area (Å²) in [7, 11) is 0. The zero-order valence-corrected chi connectivity index (χ0v) is 3.58. The molecule has 0 fully saturated rings. The third-order valence-corrected chi connectivity index (χ3v) is 0.555. The number of halogens is 1. The number of aromatic nitrogens is 2. The van der Waals surface area contributed by atoms with Crippen LogP contribution >= 0.6 is 11.6 Å². The highest BCUT2D eigenvalue weighted by molar-refractivity contribution is 6.29. The van der Waals surface area contributed by atoms with E-state index in [1.54, 1.807) is 0 Å². The van der Waals surface area contributed by atoms with Crippen LogP contribution in [0.5, 0.6) is 0 Å². The third-order valence-electron chi connectivity index (χ3n) is 0.376. The Hall–Kier alpha value is -0.500. The molecule has 0 bridgehead atoms. The summed E-state index contributed by atoms with van der Waals surface area (Å²) in [6, 6.07) is 0. The van der Waals surface area contributed by atoms with E-state index < -0.39 is 0 Å². The summed E-state index contributed by atoms with van der Waals surface area (Å²) in [4.78, 5) is 5.86. The van der Waals surface area contributed by atoms with E-state index in [-0.39, 0.29) is 0 Å². The Labute approximate surface area is 40.2 Å². The lowest BCUT2D eigenvalue weighted by molar-refractivity contribution is 1.29. The van der Waals surface area contributed by atoms with E-state index in [0.717, 1.165) is 0 Å². The Morgan fingerprint density at radius 2 is 2.67 bits per heavy atom. The Bertz CT molecular complexity index is 112. The van der Waals surface area contributed by atoms with Gasteiger partial charge in [-0.1, -0.05) is 11.6 Å². The van der Waals surface area contributed by atoms with Crippen molar-refractivity contribution in [1.82, 2.24) is 9.97 Å². The van der Waals surface area contributed by atoms with Gasteiger partial charge < -0.3 is 4.98 Å². The fourth-order valence-corrected chi connectivity index (χ4v) is 0.267. The standard InChI is InChI=1S/C3HClN2/c4-3-1-5-2-6-3/h(H,5,6). The van der Waals surface area contributed by atoms with Gasteiger partial charge in [0.05, 0.1) is 0 Å². The molecule has 1 aromatic rings. The van der Waals surface area contributed by atoms with Gasteiger partial charge in [0, 0.05) is 0 Å². The molecule has 2 nitrogen and oxygen atoms in total. The van der Waals surface area contributed by atoms with Crippen LogP contribution in [0.4, 0.5) is 0 Å². The first-order chi connectivity index (χ1) is 2.89. The molecule has 1 N–H and O–H groups in total. The highest BCUT2D eigenvalue weighted by Crippen LogP contribution is 1.94. The van der Waals surface area contributed by atoms with Gasteiger partial charge in [-0.25, -0.2) is 4.98 Å². The zero-order valence-electron chi connectivity index (χ0n) is 2.83. The normalized spacial score (nSPS) is 8.83. The minimum atomic E-state index is 0.398. The van der Waals surface area contributed by atoms with Crippen LogP contribution in [0, 0.1) is 12.5 Å². The summed E-state index contributed by atoms with van der Waals surface area (Å²) >= 11 is 5.25. The molecule has 0 amide bonds. The molecular weight excluding hydrogens is 99.5 g/mol. The van der Waals surface area contributed by atoms with Crippen LogP contribution in [0.25, 0.3) is 0 Å². The first-order valence-electron chi connectivity index (χ1n) is 1.39. The lowest BCUT2D eigenvalue weighted by Crippen LogP contribution is -1.51. The van der Waals surface area contributed by atoms with E-state index in [1.807, 2.05) is 0 Å². The predicted molar refractivity (Wildman–Crippen MR) is 21.3 cm³/mol. The van der Waals surface area contributed by atoms with Gasteiger partial charge >= 0.3 is 0 Å². The molecule has 3 heteroatoms. The highest BCUT2D eigenvalue weighted by Gasteiger charge is 1.79. The number of hydrogen-bond donors (Lipinski definition) is 1. The maximum Gasteiger partial charge on any atom is 0.175 e. The Morgan fingerprint density at radius 1 is 1.83 bits per heavy atom. The number of hydrogen-bond acceptors (Lipinski definition) is 1. The van der Waals surface area contributed by atoms with Crippen molar-refractivity contribution in [3.63, 3.8) is 0 Å². The van der Waals surface area contributed by atoms with Gasteiger partial charge in [0.25, 0.3) is 0 Å². The largest absolute Gasteiger partial charge is 0.326 e. The van der Waals surface area contributed by atoms with Crippen molar-refractivity contribution in [3.8, 4) is 0 Å². The molecule has 0 aliphatic rings. The van der Waals surface area contributed by atoms with Crippen molar-refractivity contribution in [3.05, 3.63) is 17.7 Å². The van der Waals surface area contributed by atoms with Crippen molar-refractivity contribution in [1.29, 1.82) is 0 Å². The topological polar surface area (TPSA) is 28.7 Å². The van der Waals surface area contributed by atoms with Gasteiger partial charge in [-0.2, -0.15) is 0 Å². The van der Waals surface area contributed by atoms with Crippen LogP contribution in [0.3, 0.4) is 0 Å². The van der Waals surface area contributed by atoms with E-state index in [1.165, 1.54) is 0 Å². The highest BCUT2D eigenvalue weighted by atomic mass is 35.5. The van der Waals surface area contributed by atoms with Gasteiger partial charge in [-0.05, 0) is 0 Å². The molecule has 0 atom stereocenters. The van der Waals surface area contributed by atoms with Crippen molar-refractivity contribution < 1.29 is 0 Å². The minimum Gasteiger partial charge on any atom is -0.326 e.